The quantitative estimate of drug-likeness (QED) is 0.520. The van der Waals surface area contributed by atoms with Gasteiger partial charge in [-0.25, -0.2) is 9.51 Å². The predicted octanol–water partition coefficient (Wildman–Crippen LogP) is 3.27. The van der Waals surface area contributed by atoms with E-state index in [0.29, 0.717) is 29.6 Å². The standard InChI is InChI=1S/C26H32N6O3/c1-17-18(2)30(3)25-21(34-14-12-31-9-6-7-10-31)16-19(23(27)22(17)25)28-24-20-8-4-5-11-32(20)29-26(24)35-15-13-33/h4-5,8,11,16,27,33H,6-7,9-10,12-15H2,1-3H3/b27-23?,28-19-. The summed E-state index contributed by atoms with van der Waals surface area (Å²) in [4.78, 5) is 7.30. The first kappa shape index (κ1) is 23.3. The van der Waals surface area contributed by atoms with Crippen LogP contribution in [0.5, 0.6) is 5.88 Å². The van der Waals surface area contributed by atoms with E-state index in [1.165, 1.54) is 12.8 Å². The summed E-state index contributed by atoms with van der Waals surface area (Å²) in [6.45, 7) is 7.80. The molecule has 1 fully saturated rings. The first-order chi connectivity index (χ1) is 17.0. The Morgan fingerprint density at radius 3 is 2.71 bits per heavy atom. The van der Waals surface area contributed by atoms with Gasteiger partial charge < -0.3 is 19.1 Å². The van der Waals surface area contributed by atoms with Crippen molar-refractivity contribution in [2.75, 3.05) is 39.5 Å². The molecule has 184 valence electrons. The SMILES string of the molecule is Cc1c2c(n(C)c1C)C(OCCN1CCCC1)=C/C(=N/c1c(OCCO)nn3ccccc13)C2=N. The number of rotatable bonds is 8. The van der Waals surface area contributed by atoms with Crippen LogP contribution in [0.25, 0.3) is 11.3 Å². The molecule has 2 N–H and O–H groups in total. The molecule has 1 aliphatic heterocycles. The molecule has 2 aliphatic rings. The highest BCUT2D eigenvalue weighted by atomic mass is 16.5. The highest BCUT2D eigenvalue weighted by molar-refractivity contribution is 6.54. The Morgan fingerprint density at radius 2 is 1.94 bits per heavy atom. The molecule has 5 rings (SSSR count). The number of aliphatic hydroxyl groups is 1. The van der Waals surface area contributed by atoms with Gasteiger partial charge in [0.1, 0.15) is 19.0 Å². The molecule has 9 nitrogen and oxygen atoms in total. The second kappa shape index (κ2) is 9.67. The molecule has 0 spiro atoms. The van der Waals surface area contributed by atoms with Crippen LogP contribution in [0.4, 0.5) is 5.69 Å². The van der Waals surface area contributed by atoms with Gasteiger partial charge in [-0.05, 0) is 57.5 Å². The van der Waals surface area contributed by atoms with Crippen molar-refractivity contribution in [3.8, 4) is 5.88 Å². The molecule has 0 bridgehead atoms. The van der Waals surface area contributed by atoms with Gasteiger partial charge in [-0.1, -0.05) is 6.07 Å². The number of nitrogens with one attached hydrogen (secondary N) is 1. The minimum Gasteiger partial charge on any atom is -0.490 e. The van der Waals surface area contributed by atoms with Crippen LogP contribution in [0, 0.1) is 19.3 Å². The van der Waals surface area contributed by atoms with Gasteiger partial charge in [0.15, 0.2) is 5.69 Å². The van der Waals surface area contributed by atoms with Gasteiger partial charge in [-0.15, -0.1) is 5.10 Å². The summed E-state index contributed by atoms with van der Waals surface area (Å²) in [5, 5.41) is 22.8. The van der Waals surface area contributed by atoms with Crippen LogP contribution in [0.3, 0.4) is 0 Å². The van der Waals surface area contributed by atoms with E-state index in [1.54, 1.807) is 4.52 Å². The zero-order valence-corrected chi connectivity index (χ0v) is 20.5. The summed E-state index contributed by atoms with van der Waals surface area (Å²) in [5.41, 5.74) is 6.03. The molecule has 0 amide bonds. The highest BCUT2D eigenvalue weighted by Gasteiger charge is 2.30. The first-order valence-electron chi connectivity index (χ1n) is 12.1. The number of hydrogen-bond donors (Lipinski definition) is 2. The summed E-state index contributed by atoms with van der Waals surface area (Å²) in [5.74, 6) is 1.05. The third-order valence-corrected chi connectivity index (χ3v) is 6.91. The monoisotopic (exact) mass is 476 g/mol. The van der Waals surface area contributed by atoms with Crippen LogP contribution in [-0.2, 0) is 11.8 Å². The number of fused-ring (bicyclic) bond motifs is 2. The lowest BCUT2D eigenvalue weighted by atomic mass is 9.95. The molecule has 0 saturated carbocycles. The van der Waals surface area contributed by atoms with Crippen molar-refractivity contribution < 1.29 is 14.6 Å². The Labute approximate surface area is 204 Å². The van der Waals surface area contributed by atoms with Crippen molar-refractivity contribution >= 4 is 28.4 Å². The third kappa shape index (κ3) is 4.26. The fourth-order valence-corrected chi connectivity index (χ4v) is 4.85. The minimum absolute atomic E-state index is 0.112. The molecular weight excluding hydrogens is 444 g/mol. The van der Waals surface area contributed by atoms with E-state index < -0.39 is 0 Å². The Kier molecular flexibility index (Phi) is 6.44. The zero-order valence-electron chi connectivity index (χ0n) is 20.5. The first-order valence-corrected chi connectivity index (χ1v) is 12.1. The number of allylic oxidation sites excluding steroid dienone is 1. The van der Waals surface area contributed by atoms with E-state index in [1.807, 2.05) is 44.4 Å². The van der Waals surface area contributed by atoms with Crippen molar-refractivity contribution in [1.29, 1.82) is 5.41 Å². The van der Waals surface area contributed by atoms with Gasteiger partial charge in [0.25, 0.3) is 5.88 Å². The number of aliphatic hydroxyl groups excluding tert-OH is 1. The molecule has 0 aromatic carbocycles. The Bertz CT molecular complexity index is 1330. The molecule has 1 aliphatic carbocycles. The van der Waals surface area contributed by atoms with E-state index in [9.17, 15) is 5.11 Å². The van der Waals surface area contributed by atoms with Gasteiger partial charge in [-0.3, -0.25) is 10.3 Å². The predicted molar refractivity (Wildman–Crippen MR) is 136 cm³/mol. The van der Waals surface area contributed by atoms with E-state index in [0.717, 1.165) is 53.4 Å². The number of aromatic nitrogens is 3. The van der Waals surface area contributed by atoms with Crippen LogP contribution in [0.2, 0.25) is 0 Å². The van der Waals surface area contributed by atoms with E-state index in [-0.39, 0.29) is 13.2 Å². The normalized spacial score (nSPS) is 17.3. The maximum Gasteiger partial charge on any atom is 0.260 e. The fourth-order valence-electron chi connectivity index (χ4n) is 4.85. The van der Waals surface area contributed by atoms with Gasteiger partial charge in [0.2, 0.25) is 0 Å². The summed E-state index contributed by atoms with van der Waals surface area (Å²) in [6, 6.07) is 5.70. The maximum atomic E-state index is 9.26. The molecule has 0 unspecified atom stereocenters. The van der Waals surface area contributed by atoms with Crippen LogP contribution in [0.15, 0.2) is 35.5 Å². The number of pyridine rings is 1. The molecule has 0 atom stereocenters. The zero-order chi connectivity index (χ0) is 24.5. The smallest absolute Gasteiger partial charge is 0.260 e. The Hall–Kier alpha value is -3.43. The Morgan fingerprint density at radius 1 is 1.14 bits per heavy atom. The Balaban J connectivity index is 1.57. The van der Waals surface area contributed by atoms with E-state index in [2.05, 4.69) is 21.5 Å². The minimum atomic E-state index is -0.125. The second-order valence-electron chi connectivity index (χ2n) is 9.03. The third-order valence-electron chi connectivity index (χ3n) is 6.91. The van der Waals surface area contributed by atoms with Gasteiger partial charge >= 0.3 is 0 Å². The summed E-state index contributed by atoms with van der Waals surface area (Å²) < 4.78 is 15.8. The van der Waals surface area contributed by atoms with Crippen molar-refractivity contribution in [3.05, 3.63) is 53.0 Å². The molecule has 35 heavy (non-hydrogen) atoms. The molecule has 3 aromatic rings. The molecule has 3 aromatic heterocycles. The van der Waals surface area contributed by atoms with Crippen LogP contribution in [0.1, 0.15) is 35.4 Å². The van der Waals surface area contributed by atoms with Gasteiger partial charge in [-0.2, -0.15) is 0 Å². The number of likely N-dealkylation sites (tertiary alicyclic amines) is 1. The van der Waals surface area contributed by atoms with Crippen molar-refractivity contribution in [2.24, 2.45) is 12.0 Å². The molecule has 0 radical (unpaired) electrons. The molecule has 9 heteroatoms. The number of aliphatic imine (C=N–C) groups is 1. The molecular formula is C26H32N6O3. The van der Waals surface area contributed by atoms with Gasteiger partial charge in [0, 0.05) is 37.1 Å². The summed E-state index contributed by atoms with van der Waals surface area (Å²) >= 11 is 0. The number of nitrogens with zero attached hydrogens (tertiary/aromatic N) is 5. The maximum absolute atomic E-state index is 9.26. The number of ether oxygens (including phenoxy) is 2. The average molecular weight is 477 g/mol. The van der Waals surface area contributed by atoms with Crippen LogP contribution < -0.4 is 4.74 Å². The average Bonchev–Trinajstić information content (AvgIpc) is 3.55. The van der Waals surface area contributed by atoms with Crippen molar-refractivity contribution in [1.82, 2.24) is 19.1 Å². The van der Waals surface area contributed by atoms with E-state index >= 15 is 0 Å². The lowest BCUT2D eigenvalue weighted by Gasteiger charge is -2.21. The van der Waals surface area contributed by atoms with Crippen molar-refractivity contribution in [3.63, 3.8) is 0 Å². The molecule has 4 heterocycles. The van der Waals surface area contributed by atoms with Crippen LogP contribution >= 0.6 is 0 Å². The lowest BCUT2D eigenvalue weighted by molar-refractivity contribution is 0.197. The second-order valence-corrected chi connectivity index (χ2v) is 9.03. The fraction of sp³-hybridized carbons (Fsp3) is 0.423. The van der Waals surface area contributed by atoms with E-state index in [4.69, 9.17) is 19.9 Å². The molecule has 1 saturated heterocycles. The van der Waals surface area contributed by atoms with Gasteiger partial charge in [0.05, 0.1) is 29.2 Å². The highest BCUT2D eigenvalue weighted by Crippen LogP contribution is 2.36. The lowest BCUT2D eigenvalue weighted by Crippen LogP contribution is -2.25. The number of hydrogen-bond acceptors (Lipinski definition) is 7. The summed E-state index contributed by atoms with van der Waals surface area (Å²) in [7, 11) is 2.01. The topological polar surface area (TPSA) is 100 Å². The van der Waals surface area contributed by atoms with Crippen LogP contribution in [-0.4, -0.2) is 75.1 Å². The largest absolute Gasteiger partial charge is 0.490 e. The van der Waals surface area contributed by atoms with Crippen molar-refractivity contribution in [2.45, 2.75) is 26.7 Å². The summed E-state index contributed by atoms with van der Waals surface area (Å²) in [6.07, 6.45) is 6.17.